The normalized spacial score (nSPS) is 10.6. The summed E-state index contributed by atoms with van der Waals surface area (Å²) >= 11 is 5.63. The lowest BCUT2D eigenvalue weighted by Gasteiger charge is -2.06. The average Bonchev–Trinajstić information content (AvgIpc) is 2.68. The van der Waals surface area contributed by atoms with Crippen molar-refractivity contribution in [1.29, 1.82) is 0 Å². The Morgan fingerprint density at radius 2 is 1.26 bits per heavy atom. The van der Waals surface area contributed by atoms with E-state index in [9.17, 15) is 9.59 Å². The summed E-state index contributed by atoms with van der Waals surface area (Å²) in [4.78, 5) is 23.3. The molecule has 0 radical (unpaired) electrons. The lowest BCUT2D eigenvalue weighted by atomic mass is 10.1. The molecule has 0 saturated heterocycles. The number of benzene rings is 1. The van der Waals surface area contributed by atoms with Crippen LogP contribution in [0.4, 0.5) is 0 Å². The van der Waals surface area contributed by atoms with Gasteiger partial charge in [-0.15, -0.1) is 11.6 Å². The van der Waals surface area contributed by atoms with Crippen LogP contribution in [0.15, 0.2) is 30.3 Å². The second-order valence-corrected chi connectivity index (χ2v) is 7.07. The Morgan fingerprint density at radius 1 is 0.704 bits per heavy atom. The van der Waals surface area contributed by atoms with Gasteiger partial charge in [-0.1, -0.05) is 56.0 Å². The molecule has 1 aromatic carbocycles. The van der Waals surface area contributed by atoms with Crippen LogP contribution in [-0.2, 0) is 25.5 Å². The number of unbranched alkanes of at least 4 members (excludes halogenated alkanes) is 5. The van der Waals surface area contributed by atoms with Gasteiger partial charge in [0.1, 0.15) is 0 Å². The molecule has 1 rings (SSSR count). The summed E-state index contributed by atoms with van der Waals surface area (Å²) < 4.78 is 10.4. The van der Waals surface area contributed by atoms with Crippen LogP contribution in [0, 0.1) is 0 Å². The van der Waals surface area contributed by atoms with E-state index in [2.05, 4.69) is 12.1 Å². The largest absolute Gasteiger partial charge is 0.466 e. The molecule has 0 aliphatic heterocycles. The minimum Gasteiger partial charge on any atom is -0.466 e. The molecule has 0 heterocycles. The predicted molar refractivity (Wildman–Crippen MR) is 109 cm³/mol. The van der Waals surface area contributed by atoms with Gasteiger partial charge in [0.05, 0.1) is 13.2 Å². The van der Waals surface area contributed by atoms with Crippen LogP contribution in [0.3, 0.4) is 0 Å². The van der Waals surface area contributed by atoms with E-state index in [4.69, 9.17) is 21.1 Å². The van der Waals surface area contributed by atoms with Gasteiger partial charge in [0, 0.05) is 18.7 Å². The molecule has 0 unspecified atom stereocenters. The summed E-state index contributed by atoms with van der Waals surface area (Å²) in [5, 5.41) is 0. The highest BCUT2D eigenvalue weighted by Crippen LogP contribution is 2.07. The lowest BCUT2D eigenvalue weighted by Crippen LogP contribution is -2.09. The van der Waals surface area contributed by atoms with Gasteiger partial charge < -0.3 is 9.47 Å². The molecule has 27 heavy (non-hydrogen) atoms. The molecule has 0 aromatic heterocycles. The summed E-state index contributed by atoms with van der Waals surface area (Å²) in [5.41, 5.74) is 1.24. The maximum absolute atomic E-state index is 11.7. The Hall–Kier alpha value is -1.55. The second-order valence-electron chi connectivity index (χ2n) is 6.69. The molecule has 0 N–H and O–H groups in total. The van der Waals surface area contributed by atoms with E-state index >= 15 is 0 Å². The molecule has 0 spiro atoms. The van der Waals surface area contributed by atoms with Gasteiger partial charge in [0.2, 0.25) is 0 Å². The minimum atomic E-state index is -0.243. The second kappa shape index (κ2) is 16.6. The third-order valence-corrected chi connectivity index (χ3v) is 4.54. The van der Waals surface area contributed by atoms with Crippen molar-refractivity contribution < 1.29 is 19.1 Å². The van der Waals surface area contributed by atoms with Gasteiger partial charge in [0.25, 0.3) is 0 Å². The summed E-state index contributed by atoms with van der Waals surface area (Å²) in [7, 11) is 0. The summed E-state index contributed by atoms with van der Waals surface area (Å²) in [6.45, 7) is 0.890. The van der Waals surface area contributed by atoms with Crippen LogP contribution in [-0.4, -0.2) is 31.0 Å². The maximum Gasteiger partial charge on any atom is 0.305 e. The smallest absolute Gasteiger partial charge is 0.305 e. The van der Waals surface area contributed by atoms with Crippen LogP contribution < -0.4 is 0 Å². The Bertz CT molecular complexity index is 504. The standard InChI is InChI=1S/C22H33ClO4/c23-17-8-3-1-2-4-9-18-26-21(24)15-10-16-22(25)27-19-11-14-20-12-6-5-7-13-20/h5-7,12-13H,1-4,8-11,14-19H2. The predicted octanol–water partition coefficient (Wildman–Crippen LogP) is 5.46. The van der Waals surface area contributed by atoms with Crippen LogP contribution >= 0.6 is 11.6 Å². The average molecular weight is 397 g/mol. The molecular formula is C22H33ClO4. The zero-order chi connectivity index (χ0) is 19.6. The third-order valence-electron chi connectivity index (χ3n) is 4.27. The van der Waals surface area contributed by atoms with E-state index in [-0.39, 0.29) is 24.8 Å². The molecule has 0 aliphatic rings. The molecule has 4 nitrogen and oxygen atoms in total. The van der Waals surface area contributed by atoms with E-state index in [1.54, 1.807) is 0 Å². The van der Waals surface area contributed by atoms with Gasteiger partial charge in [-0.25, -0.2) is 0 Å². The summed E-state index contributed by atoms with van der Waals surface area (Å²) in [5.74, 6) is 0.264. The molecule has 0 bridgehead atoms. The highest BCUT2D eigenvalue weighted by molar-refractivity contribution is 6.17. The SMILES string of the molecule is O=C(CCCC(=O)OCCCc1ccccc1)OCCCCCCCCCl. The molecule has 0 saturated carbocycles. The number of rotatable bonds is 16. The van der Waals surface area contributed by atoms with Crippen molar-refractivity contribution >= 4 is 23.5 Å². The first-order valence-electron chi connectivity index (χ1n) is 10.1. The number of hydrogen-bond donors (Lipinski definition) is 0. The van der Waals surface area contributed by atoms with Crippen LogP contribution in [0.5, 0.6) is 0 Å². The third kappa shape index (κ3) is 14.2. The summed E-state index contributed by atoms with van der Waals surface area (Å²) in [6.07, 6.45) is 9.29. The molecule has 152 valence electrons. The number of aryl methyl sites for hydroxylation is 1. The van der Waals surface area contributed by atoms with E-state index in [1.165, 1.54) is 18.4 Å². The highest BCUT2D eigenvalue weighted by atomic mass is 35.5. The first-order valence-corrected chi connectivity index (χ1v) is 10.7. The first-order chi connectivity index (χ1) is 13.2. The monoisotopic (exact) mass is 396 g/mol. The molecule has 0 amide bonds. The van der Waals surface area contributed by atoms with Crippen LogP contribution in [0.25, 0.3) is 0 Å². The maximum atomic E-state index is 11.7. The van der Waals surface area contributed by atoms with Gasteiger partial charge in [0.15, 0.2) is 0 Å². The molecule has 0 aliphatic carbocycles. The van der Waals surface area contributed by atoms with E-state index in [0.717, 1.165) is 44.4 Å². The fourth-order valence-corrected chi connectivity index (χ4v) is 2.91. The number of halogens is 1. The van der Waals surface area contributed by atoms with Crippen molar-refractivity contribution in [3.05, 3.63) is 35.9 Å². The Balaban J connectivity index is 1.89. The van der Waals surface area contributed by atoms with E-state index in [0.29, 0.717) is 19.6 Å². The fourth-order valence-electron chi connectivity index (χ4n) is 2.72. The number of ether oxygens (including phenoxy) is 2. The molecule has 5 heteroatoms. The van der Waals surface area contributed by atoms with Crippen molar-refractivity contribution in [2.75, 3.05) is 19.1 Å². The van der Waals surface area contributed by atoms with Crippen molar-refractivity contribution in [1.82, 2.24) is 0 Å². The number of esters is 2. The molecular weight excluding hydrogens is 364 g/mol. The summed E-state index contributed by atoms with van der Waals surface area (Å²) in [6, 6.07) is 10.1. The van der Waals surface area contributed by atoms with E-state index < -0.39 is 0 Å². The number of hydrogen-bond acceptors (Lipinski definition) is 4. The zero-order valence-corrected chi connectivity index (χ0v) is 17.1. The van der Waals surface area contributed by atoms with Crippen molar-refractivity contribution in [2.45, 2.75) is 70.6 Å². The first kappa shape index (κ1) is 23.5. The molecule has 0 atom stereocenters. The van der Waals surface area contributed by atoms with E-state index in [1.807, 2.05) is 18.2 Å². The number of carbonyl (C=O) groups excluding carboxylic acids is 2. The Morgan fingerprint density at radius 3 is 1.89 bits per heavy atom. The number of alkyl halides is 1. The van der Waals surface area contributed by atoms with Gasteiger partial charge in [-0.05, 0) is 37.7 Å². The van der Waals surface area contributed by atoms with Crippen molar-refractivity contribution in [2.24, 2.45) is 0 Å². The minimum absolute atomic E-state index is 0.228. The molecule has 1 aromatic rings. The molecule has 0 fully saturated rings. The quantitative estimate of drug-likeness (QED) is 0.211. The van der Waals surface area contributed by atoms with Crippen LogP contribution in [0.2, 0.25) is 0 Å². The zero-order valence-electron chi connectivity index (χ0n) is 16.3. The Labute approximate surface area is 168 Å². The van der Waals surface area contributed by atoms with Crippen LogP contribution in [0.1, 0.15) is 69.8 Å². The van der Waals surface area contributed by atoms with Gasteiger partial charge >= 0.3 is 11.9 Å². The Kier molecular flexibility index (Phi) is 14.5. The van der Waals surface area contributed by atoms with Crippen molar-refractivity contribution in [3.8, 4) is 0 Å². The fraction of sp³-hybridized carbons (Fsp3) is 0.636. The van der Waals surface area contributed by atoms with Gasteiger partial charge in [-0.2, -0.15) is 0 Å². The topological polar surface area (TPSA) is 52.6 Å². The van der Waals surface area contributed by atoms with Gasteiger partial charge in [-0.3, -0.25) is 9.59 Å². The van der Waals surface area contributed by atoms with Crippen molar-refractivity contribution in [3.63, 3.8) is 0 Å². The highest BCUT2D eigenvalue weighted by Gasteiger charge is 2.07. The lowest BCUT2D eigenvalue weighted by molar-refractivity contribution is -0.145. The number of carbonyl (C=O) groups is 2.